The van der Waals surface area contributed by atoms with Gasteiger partial charge in [-0.25, -0.2) is 9.18 Å². The fourth-order valence-electron chi connectivity index (χ4n) is 1.80. The molecule has 6 heteroatoms. The number of hydrogen-bond donors (Lipinski definition) is 4. The number of aliphatic hydroxyl groups excluding tert-OH is 1. The van der Waals surface area contributed by atoms with Crippen LogP contribution >= 0.6 is 0 Å². The van der Waals surface area contributed by atoms with Crippen LogP contribution in [0.3, 0.4) is 0 Å². The summed E-state index contributed by atoms with van der Waals surface area (Å²) < 4.78 is 13.4. The quantitative estimate of drug-likeness (QED) is 0.592. The first kappa shape index (κ1) is 11.7. The maximum Gasteiger partial charge on any atom is 0.338 e. The number of aliphatic hydroxyl groups is 1. The van der Waals surface area contributed by atoms with Crippen LogP contribution < -0.4 is 11.1 Å². The highest BCUT2D eigenvalue weighted by atomic mass is 19.1. The molecule has 0 radical (unpaired) electrons. The number of anilines is 2. The Bertz CT molecular complexity index is 458. The molecule has 0 unspecified atom stereocenters. The van der Waals surface area contributed by atoms with E-state index < -0.39 is 17.3 Å². The summed E-state index contributed by atoms with van der Waals surface area (Å²) in [6.07, 6.45) is 0.848. The second-order valence-corrected chi connectivity index (χ2v) is 4.19. The highest BCUT2D eigenvalue weighted by Gasteiger charge is 2.27. The molecule has 0 amide bonds. The van der Waals surface area contributed by atoms with E-state index in [-0.39, 0.29) is 17.8 Å². The lowest BCUT2D eigenvalue weighted by atomic mass is 9.89. The Morgan fingerprint density at radius 1 is 1.47 bits per heavy atom. The maximum absolute atomic E-state index is 13.4. The molecule has 0 aromatic heterocycles. The maximum atomic E-state index is 13.4. The smallest absolute Gasteiger partial charge is 0.338 e. The predicted molar refractivity (Wildman–Crippen MR) is 60.4 cm³/mol. The van der Waals surface area contributed by atoms with E-state index in [1.165, 1.54) is 0 Å². The fraction of sp³-hybridized carbons (Fsp3) is 0.364. The summed E-state index contributed by atoms with van der Waals surface area (Å²) in [5, 5.41) is 20.8. The summed E-state index contributed by atoms with van der Waals surface area (Å²) in [6, 6.07) is 2.22. The van der Waals surface area contributed by atoms with Crippen molar-refractivity contribution in [3.63, 3.8) is 0 Å². The SMILES string of the molecule is Nc1cc(C(=O)O)c(F)cc1NC1CC(O)C1. The van der Waals surface area contributed by atoms with Crippen LogP contribution in [-0.4, -0.2) is 28.3 Å². The number of hydrogen-bond acceptors (Lipinski definition) is 4. The number of nitrogen functional groups attached to an aromatic ring is 1. The lowest BCUT2D eigenvalue weighted by Crippen LogP contribution is -2.39. The molecule has 1 fully saturated rings. The van der Waals surface area contributed by atoms with Gasteiger partial charge in [0.2, 0.25) is 0 Å². The summed E-state index contributed by atoms with van der Waals surface area (Å²) in [6.45, 7) is 0. The molecule has 0 spiro atoms. The van der Waals surface area contributed by atoms with Crippen LogP contribution in [0.5, 0.6) is 0 Å². The van der Waals surface area contributed by atoms with E-state index in [0.29, 0.717) is 18.5 Å². The average Bonchev–Trinajstić information content (AvgIpc) is 2.20. The molecule has 1 aromatic carbocycles. The summed E-state index contributed by atoms with van der Waals surface area (Å²) in [4.78, 5) is 10.7. The van der Waals surface area contributed by atoms with Crippen molar-refractivity contribution in [3.8, 4) is 0 Å². The molecule has 1 aliphatic carbocycles. The van der Waals surface area contributed by atoms with Crippen molar-refractivity contribution in [1.82, 2.24) is 0 Å². The van der Waals surface area contributed by atoms with Gasteiger partial charge in [-0.1, -0.05) is 0 Å². The zero-order valence-corrected chi connectivity index (χ0v) is 8.98. The van der Waals surface area contributed by atoms with Crippen molar-refractivity contribution in [1.29, 1.82) is 0 Å². The minimum Gasteiger partial charge on any atom is -0.478 e. The number of nitrogens with two attached hydrogens (primary N) is 1. The normalized spacial score (nSPS) is 22.9. The molecular formula is C11H13FN2O3. The van der Waals surface area contributed by atoms with E-state index in [9.17, 15) is 9.18 Å². The molecule has 0 heterocycles. The molecule has 2 rings (SSSR count). The number of carboxylic acid groups (broad SMARTS) is 1. The largest absolute Gasteiger partial charge is 0.478 e. The molecule has 0 saturated heterocycles. The Hall–Kier alpha value is -1.82. The van der Waals surface area contributed by atoms with Crippen LogP contribution in [0, 0.1) is 5.82 Å². The number of benzene rings is 1. The number of rotatable bonds is 3. The molecule has 17 heavy (non-hydrogen) atoms. The third kappa shape index (κ3) is 2.31. The zero-order chi connectivity index (χ0) is 12.6. The Morgan fingerprint density at radius 2 is 2.12 bits per heavy atom. The summed E-state index contributed by atoms with van der Waals surface area (Å²) in [5.74, 6) is -2.17. The molecule has 1 saturated carbocycles. The van der Waals surface area contributed by atoms with Gasteiger partial charge in [-0.15, -0.1) is 0 Å². The highest BCUT2D eigenvalue weighted by Crippen LogP contribution is 2.29. The fourth-order valence-corrected chi connectivity index (χ4v) is 1.80. The number of aromatic carboxylic acids is 1. The first-order chi connectivity index (χ1) is 7.97. The lowest BCUT2D eigenvalue weighted by molar-refractivity contribution is 0.0692. The molecule has 1 aromatic rings. The summed E-state index contributed by atoms with van der Waals surface area (Å²) in [7, 11) is 0. The predicted octanol–water partition coefficient (Wildman–Crippen LogP) is 1.04. The number of carboxylic acids is 1. The third-order valence-corrected chi connectivity index (χ3v) is 2.84. The van der Waals surface area contributed by atoms with Crippen molar-refractivity contribution < 1.29 is 19.4 Å². The van der Waals surface area contributed by atoms with Gasteiger partial charge in [-0.05, 0) is 25.0 Å². The zero-order valence-electron chi connectivity index (χ0n) is 8.98. The van der Waals surface area contributed by atoms with Crippen molar-refractivity contribution in [2.75, 3.05) is 11.1 Å². The van der Waals surface area contributed by atoms with Gasteiger partial charge < -0.3 is 21.3 Å². The van der Waals surface area contributed by atoms with E-state index in [2.05, 4.69) is 5.32 Å². The van der Waals surface area contributed by atoms with Crippen LogP contribution in [0.4, 0.5) is 15.8 Å². The van der Waals surface area contributed by atoms with E-state index in [1.54, 1.807) is 0 Å². The van der Waals surface area contributed by atoms with Crippen LogP contribution in [0.2, 0.25) is 0 Å². The van der Waals surface area contributed by atoms with Crippen molar-refractivity contribution in [3.05, 3.63) is 23.5 Å². The molecule has 0 bridgehead atoms. The van der Waals surface area contributed by atoms with Crippen LogP contribution in [0.1, 0.15) is 23.2 Å². The second-order valence-electron chi connectivity index (χ2n) is 4.19. The topological polar surface area (TPSA) is 95.6 Å². The Kier molecular flexibility index (Phi) is 2.89. The van der Waals surface area contributed by atoms with Crippen LogP contribution in [0.25, 0.3) is 0 Å². The molecule has 5 N–H and O–H groups in total. The third-order valence-electron chi connectivity index (χ3n) is 2.84. The van der Waals surface area contributed by atoms with Crippen molar-refractivity contribution >= 4 is 17.3 Å². The van der Waals surface area contributed by atoms with E-state index in [4.69, 9.17) is 15.9 Å². The van der Waals surface area contributed by atoms with E-state index >= 15 is 0 Å². The van der Waals surface area contributed by atoms with Gasteiger partial charge in [0.05, 0.1) is 23.0 Å². The van der Waals surface area contributed by atoms with E-state index in [0.717, 1.165) is 12.1 Å². The Balaban J connectivity index is 2.18. The summed E-state index contributed by atoms with van der Waals surface area (Å²) >= 11 is 0. The number of halogens is 1. The van der Waals surface area contributed by atoms with Gasteiger partial charge in [0, 0.05) is 6.04 Å². The van der Waals surface area contributed by atoms with Crippen LogP contribution in [-0.2, 0) is 0 Å². The standard InChI is InChI=1S/C11H13FN2O3/c12-8-4-10(14-5-1-6(15)2-5)9(13)3-7(8)11(16)17/h3-6,14-15H,1-2,13H2,(H,16,17). The molecule has 0 aliphatic heterocycles. The second kappa shape index (κ2) is 4.21. The van der Waals surface area contributed by atoms with Gasteiger partial charge in [0.15, 0.2) is 0 Å². The molecule has 92 valence electrons. The average molecular weight is 240 g/mol. The lowest BCUT2D eigenvalue weighted by Gasteiger charge is -2.33. The molecule has 1 aliphatic rings. The Labute approximate surface area is 97.1 Å². The van der Waals surface area contributed by atoms with Crippen molar-refractivity contribution in [2.45, 2.75) is 25.0 Å². The van der Waals surface area contributed by atoms with Gasteiger partial charge in [0.25, 0.3) is 0 Å². The first-order valence-corrected chi connectivity index (χ1v) is 5.24. The van der Waals surface area contributed by atoms with Crippen LogP contribution in [0.15, 0.2) is 12.1 Å². The highest BCUT2D eigenvalue weighted by molar-refractivity contribution is 5.90. The van der Waals surface area contributed by atoms with Gasteiger partial charge >= 0.3 is 5.97 Å². The minimum absolute atomic E-state index is 0.0578. The molecule has 0 atom stereocenters. The monoisotopic (exact) mass is 240 g/mol. The van der Waals surface area contributed by atoms with Gasteiger partial charge in [-0.2, -0.15) is 0 Å². The molecular weight excluding hydrogens is 227 g/mol. The van der Waals surface area contributed by atoms with Gasteiger partial charge in [0.1, 0.15) is 5.82 Å². The van der Waals surface area contributed by atoms with Gasteiger partial charge in [-0.3, -0.25) is 0 Å². The van der Waals surface area contributed by atoms with E-state index in [1.807, 2.05) is 0 Å². The number of carbonyl (C=O) groups is 1. The molecule has 5 nitrogen and oxygen atoms in total. The minimum atomic E-state index is -1.35. The Morgan fingerprint density at radius 3 is 2.65 bits per heavy atom. The van der Waals surface area contributed by atoms with Crippen molar-refractivity contribution in [2.24, 2.45) is 0 Å². The summed E-state index contributed by atoms with van der Waals surface area (Å²) in [5.41, 5.74) is 5.74. The first-order valence-electron chi connectivity index (χ1n) is 5.24. The number of nitrogens with one attached hydrogen (secondary N) is 1.